The van der Waals surface area contributed by atoms with Gasteiger partial charge in [0.1, 0.15) is 0 Å². The Balaban J connectivity index is 2.49. The Morgan fingerprint density at radius 3 is 2.44 bits per heavy atom. The Hall–Kier alpha value is -0.900. The Bertz CT molecular complexity index is 325. The van der Waals surface area contributed by atoms with Crippen molar-refractivity contribution in [1.29, 1.82) is 0 Å². The molecule has 1 aromatic rings. The summed E-state index contributed by atoms with van der Waals surface area (Å²) in [7, 11) is 3.68. The lowest BCUT2D eigenvalue weighted by atomic mass is 10.1. The van der Waals surface area contributed by atoms with Gasteiger partial charge in [0.25, 0.3) is 0 Å². The standard InChI is InChI=1S/C15H25NO2/c1-15(2,17-4)10-11-18-14(12-16-3)13-8-6-5-7-9-13/h5-9,14,16H,10-12H2,1-4H3. The number of hydrogen-bond acceptors (Lipinski definition) is 3. The highest BCUT2D eigenvalue weighted by Crippen LogP contribution is 2.19. The first-order valence-corrected chi connectivity index (χ1v) is 6.45. The van der Waals surface area contributed by atoms with Crippen LogP contribution in [0.25, 0.3) is 0 Å². The summed E-state index contributed by atoms with van der Waals surface area (Å²) in [5.74, 6) is 0. The van der Waals surface area contributed by atoms with Crippen molar-refractivity contribution < 1.29 is 9.47 Å². The van der Waals surface area contributed by atoms with Crippen molar-refractivity contribution in [3.05, 3.63) is 35.9 Å². The summed E-state index contributed by atoms with van der Waals surface area (Å²) < 4.78 is 11.4. The minimum absolute atomic E-state index is 0.101. The first kappa shape index (κ1) is 15.2. The van der Waals surface area contributed by atoms with Crippen LogP contribution in [0.2, 0.25) is 0 Å². The topological polar surface area (TPSA) is 30.5 Å². The molecule has 0 aliphatic heterocycles. The molecular weight excluding hydrogens is 226 g/mol. The minimum Gasteiger partial charge on any atom is -0.379 e. The van der Waals surface area contributed by atoms with Crippen LogP contribution in [0, 0.1) is 0 Å². The van der Waals surface area contributed by atoms with Crippen LogP contribution >= 0.6 is 0 Å². The van der Waals surface area contributed by atoms with Crippen molar-refractivity contribution >= 4 is 0 Å². The van der Waals surface area contributed by atoms with Crippen LogP contribution < -0.4 is 5.32 Å². The van der Waals surface area contributed by atoms with Crippen LogP contribution in [-0.2, 0) is 9.47 Å². The number of methoxy groups -OCH3 is 1. The Morgan fingerprint density at radius 2 is 1.89 bits per heavy atom. The van der Waals surface area contributed by atoms with Gasteiger partial charge >= 0.3 is 0 Å². The van der Waals surface area contributed by atoms with Gasteiger partial charge < -0.3 is 14.8 Å². The van der Waals surface area contributed by atoms with Crippen molar-refractivity contribution in [2.45, 2.75) is 32.0 Å². The van der Waals surface area contributed by atoms with E-state index in [4.69, 9.17) is 9.47 Å². The van der Waals surface area contributed by atoms with Gasteiger partial charge in [0.2, 0.25) is 0 Å². The van der Waals surface area contributed by atoms with Crippen LogP contribution in [0.4, 0.5) is 0 Å². The maximum absolute atomic E-state index is 5.96. The van der Waals surface area contributed by atoms with E-state index in [-0.39, 0.29) is 11.7 Å². The maximum atomic E-state index is 5.96. The average Bonchev–Trinajstić information content (AvgIpc) is 2.39. The molecule has 102 valence electrons. The molecule has 0 aliphatic rings. The van der Waals surface area contributed by atoms with E-state index in [0.29, 0.717) is 6.61 Å². The first-order chi connectivity index (χ1) is 8.59. The summed E-state index contributed by atoms with van der Waals surface area (Å²) in [6.07, 6.45) is 0.986. The second-order valence-electron chi connectivity index (χ2n) is 5.04. The molecule has 0 fully saturated rings. The highest BCUT2D eigenvalue weighted by molar-refractivity contribution is 5.17. The van der Waals surface area contributed by atoms with E-state index in [9.17, 15) is 0 Å². The SMILES string of the molecule is CNCC(OCCC(C)(C)OC)c1ccccc1. The molecule has 1 aromatic carbocycles. The lowest BCUT2D eigenvalue weighted by Gasteiger charge is -2.25. The van der Waals surface area contributed by atoms with Gasteiger partial charge in [0, 0.05) is 13.7 Å². The van der Waals surface area contributed by atoms with Crippen molar-refractivity contribution in [2.75, 3.05) is 27.3 Å². The predicted octanol–water partition coefficient (Wildman–Crippen LogP) is 2.78. The van der Waals surface area contributed by atoms with Gasteiger partial charge in [0.05, 0.1) is 18.3 Å². The average molecular weight is 251 g/mol. The second kappa shape index (κ2) is 7.52. The zero-order valence-electron chi connectivity index (χ0n) is 11.9. The molecule has 18 heavy (non-hydrogen) atoms. The van der Waals surface area contributed by atoms with Gasteiger partial charge in [-0.3, -0.25) is 0 Å². The van der Waals surface area contributed by atoms with E-state index in [1.165, 1.54) is 5.56 Å². The molecule has 0 saturated heterocycles. The zero-order valence-corrected chi connectivity index (χ0v) is 11.9. The molecule has 0 aromatic heterocycles. The van der Waals surface area contributed by atoms with E-state index in [2.05, 4.69) is 31.3 Å². The van der Waals surface area contributed by atoms with Crippen molar-refractivity contribution in [1.82, 2.24) is 5.32 Å². The van der Waals surface area contributed by atoms with Gasteiger partial charge in [-0.05, 0) is 32.9 Å². The predicted molar refractivity (Wildman–Crippen MR) is 74.8 cm³/mol. The third-order valence-electron chi connectivity index (χ3n) is 3.14. The summed E-state index contributed by atoms with van der Waals surface area (Å²) in [6.45, 7) is 5.66. The Kier molecular flexibility index (Phi) is 6.33. The van der Waals surface area contributed by atoms with Gasteiger partial charge in [-0.2, -0.15) is 0 Å². The number of rotatable bonds is 8. The first-order valence-electron chi connectivity index (χ1n) is 6.45. The fourth-order valence-corrected chi connectivity index (χ4v) is 1.68. The Morgan fingerprint density at radius 1 is 1.22 bits per heavy atom. The third-order valence-corrected chi connectivity index (χ3v) is 3.14. The van der Waals surface area contributed by atoms with Gasteiger partial charge in [0.15, 0.2) is 0 Å². The van der Waals surface area contributed by atoms with Crippen LogP contribution in [0.15, 0.2) is 30.3 Å². The number of ether oxygens (including phenoxy) is 2. The Labute approximate surface area is 110 Å². The summed E-state index contributed by atoms with van der Waals surface area (Å²) in [4.78, 5) is 0. The smallest absolute Gasteiger partial charge is 0.0949 e. The molecule has 0 heterocycles. The normalized spacial score (nSPS) is 13.6. The minimum atomic E-state index is -0.124. The molecule has 0 radical (unpaired) electrons. The molecule has 1 N–H and O–H groups in total. The lowest BCUT2D eigenvalue weighted by molar-refractivity contribution is -0.0269. The van der Waals surface area contributed by atoms with Crippen molar-refractivity contribution in [2.24, 2.45) is 0 Å². The molecule has 0 spiro atoms. The summed E-state index contributed by atoms with van der Waals surface area (Å²) in [5, 5.41) is 3.17. The fraction of sp³-hybridized carbons (Fsp3) is 0.600. The highest BCUT2D eigenvalue weighted by Gasteiger charge is 2.18. The monoisotopic (exact) mass is 251 g/mol. The van der Waals surface area contributed by atoms with Crippen LogP contribution in [-0.4, -0.2) is 32.9 Å². The van der Waals surface area contributed by atoms with E-state index in [1.54, 1.807) is 7.11 Å². The molecule has 1 atom stereocenters. The van der Waals surface area contributed by atoms with Gasteiger partial charge in [-0.25, -0.2) is 0 Å². The van der Waals surface area contributed by atoms with Crippen LogP contribution in [0.1, 0.15) is 31.9 Å². The summed E-state index contributed by atoms with van der Waals surface area (Å²) >= 11 is 0. The number of nitrogens with one attached hydrogen (secondary N) is 1. The molecular formula is C15H25NO2. The zero-order chi connectivity index (χ0) is 13.4. The molecule has 1 rings (SSSR count). The molecule has 3 heteroatoms. The molecule has 0 saturated carbocycles. The fourth-order valence-electron chi connectivity index (χ4n) is 1.68. The van der Waals surface area contributed by atoms with Gasteiger partial charge in [-0.15, -0.1) is 0 Å². The molecule has 0 aliphatic carbocycles. The van der Waals surface area contributed by atoms with E-state index >= 15 is 0 Å². The molecule has 0 bridgehead atoms. The largest absolute Gasteiger partial charge is 0.379 e. The summed E-state index contributed by atoms with van der Waals surface area (Å²) in [5.41, 5.74) is 1.09. The maximum Gasteiger partial charge on any atom is 0.0949 e. The van der Waals surface area contributed by atoms with E-state index in [0.717, 1.165) is 13.0 Å². The van der Waals surface area contributed by atoms with E-state index in [1.807, 2.05) is 25.2 Å². The third kappa shape index (κ3) is 5.17. The lowest BCUT2D eigenvalue weighted by Crippen LogP contribution is -2.26. The molecule has 3 nitrogen and oxygen atoms in total. The van der Waals surface area contributed by atoms with Crippen molar-refractivity contribution in [3.8, 4) is 0 Å². The summed E-state index contributed by atoms with van der Waals surface area (Å²) in [6, 6.07) is 10.3. The van der Waals surface area contributed by atoms with Gasteiger partial charge in [-0.1, -0.05) is 30.3 Å². The van der Waals surface area contributed by atoms with Crippen molar-refractivity contribution in [3.63, 3.8) is 0 Å². The van der Waals surface area contributed by atoms with E-state index < -0.39 is 0 Å². The number of likely N-dealkylation sites (N-methyl/N-ethyl adjacent to an activating group) is 1. The second-order valence-corrected chi connectivity index (χ2v) is 5.04. The molecule has 0 amide bonds. The molecule has 1 unspecified atom stereocenters. The quantitative estimate of drug-likeness (QED) is 0.770. The number of benzene rings is 1. The highest BCUT2D eigenvalue weighted by atomic mass is 16.5. The van der Waals surface area contributed by atoms with Crippen LogP contribution in [0.5, 0.6) is 0 Å². The number of hydrogen-bond donors (Lipinski definition) is 1. The van der Waals surface area contributed by atoms with Crippen LogP contribution in [0.3, 0.4) is 0 Å².